The molecular formula is C13H9F3N2O. The molecule has 0 radical (unpaired) electrons. The summed E-state index contributed by atoms with van der Waals surface area (Å²) >= 11 is 0. The van der Waals surface area contributed by atoms with Gasteiger partial charge in [0.15, 0.2) is 0 Å². The molecule has 3 nitrogen and oxygen atoms in total. The highest BCUT2D eigenvalue weighted by molar-refractivity contribution is 6.05. The lowest BCUT2D eigenvalue weighted by atomic mass is 10.2. The lowest BCUT2D eigenvalue weighted by Gasteiger charge is -2.23. The molecule has 0 N–H and O–H groups in total. The Morgan fingerprint density at radius 2 is 1.63 bits per heavy atom. The van der Waals surface area contributed by atoms with E-state index in [4.69, 9.17) is 0 Å². The van der Waals surface area contributed by atoms with Crippen LogP contribution in [0.1, 0.15) is 10.4 Å². The van der Waals surface area contributed by atoms with Crippen LogP contribution in [-0.2, 0) is 0 Å². The molecule has 0 fully saturated rings. The summed E-state index contributed by atoms with van der Waals surface area (Å²) in [6.45, 7) is 0. The minimum atomic E-state index is -4.83. The first-order valence-electron chi connectivity index (χ1n) is 5.37. The fourth-order valence-electron chi connectivity index (χ4n) is 1.54. The Kier molecular flexibility index (Phi) is 3.50. The number of nitrogens with zero attached hydrogens (tertiary/aromatic N) is 2. The van der Waals surface area contributed by atoms with Gasteiger partial charge in [-0.15, -0.1) is 13.2 Å². The highest BCUT2D eigenvalue weighted by Crippen LogP contribution is 2.28. The molecule has 0 saturated carbocycles. The molecule has 0 unspecified atom stereocenters. The summed E-state index contributed by atoms with van der Waals surface area (Å²) in [5.41, 5.74) is -0.0505. The van der Waals surface area contributed by atoms with Gasteiger partial charge in [-0.25, -0.2) is 9.88 Å². The van der Waals surface area contributed by atoms with E-state index in [1.807, 2.05) is 0 Å². The summed E-state index contributed by atoms with van der Waals surface area (Å²) in [7, 11) is 0. The van der Waals surface area contributed by atoms with E-state index in [1.165, 1.54) is 42.6 Å². The third kappa shape index (κ3) is 2.90. The monoisotopic (exact) mass is 266 g/mol. The first-order chi connectivity index (χ1) is 9.00. The van der Waals surface area contributed by atoms with Gasteiger partial charge in [0.25, 0.3) is 5.91 Å². The molecule has 0 aliphatic heterocycles. The summed E-state index contributed by atoms with van der Waals surface area (Å²) in [6, 6.07) is 11.3. The Hall–Kier alpha value is -2.37. The summed E-state index contributed by atoms with van der Waals surface area (Å²) in [5.74, 6) is -1.62. The van der Waals surface area contributed by atoms with E-state index in [2.05, 4.69) is 4.98 Å². The second kappa shape index (κ2) is 5.09. The van der Waals surface area contributed by atoms with E-state index in [1.54, 1.807) is 6.07 Å². The second-order valence-corrected chi connectivity index (χ2v) is 3.66. The van der Waals surface area contributed by atoms with E-state index in [0.717, 1.165) is 6.07 Å². The van der Waals surface area contributed by atoms with Crippen molar-refractivity contribution in [2.24, 2.45) is 0 Å². The lowest BCUT2D eigenvalue weighted by molar-refractivity contribution is -0.122. The van der Waals surface area contributed by atoms with Crippen LogP contribution >= 0.6 is 0 Å². The third-order valence-corrected chi connectivity index (χ3v) is 2.36. The zero-order chi connectivity index (χ0) is 13.9. The van der Waals surface area contributed by atoms with Gasteiger partial charge >= 0.3 is 6.30 Å². The smallest absolute Gasteiger partial charge is 0.268 e. The van der Waals surface area contributed by atoms with Gasteiger partial charge in [-0.1, -0.05) is 24.3 Å². The minimum absolute atomic E-state index is 0.0505. The van der Waals surface area contributed by atoms with Crippen molar-refractivity contribution in [1.29, 1.82) is 0 Å². The number of hydrogen-bond donors (Lipinski definition) is 0. The Bertz CT molecular complexity index is 555. The Morgan fingerprint density at radius 1 is 1.00 bits per heavy atom. The summed E-state index contributed by atoms with van der Waals surface area (Å²) in [4.78, 5) is 15.3. The van der Waals surface area contributed by atoms with E-state index in [9.17, 15) is 18.0 Å². The predicted octanol–water partition coefficient (Wildman–Crippen LogP) is 3.25. The number of anilines is 1. The van der Waals surface area contributed by atoms with Gasteiger partial charge < -0.3 is 0 Å². The van der Waals surface area contributed by atoms with Crippen LogP contribution in [0.3, 0.4) is 0 Å². The maximum Gasteiger partial charge on any atom is 0.493 e. The van der Waals surface area contributed by atoms with Crippen LogP contribution in [0.5, 0.6) is 0 Å². The Balaban J connectivity index is 2.43. The molecule has 0 aliphatic carbocycles. The number of alkyl halides is 3. The second-order valence-electron chi connectivity index (χ2n) is 3.66. The fourth-order valence-corrected chi connectivity index (χ4v) is 1.54. The molecule has 19 heavy (non-hydrogen) atoms. The largest absolute Gasteiger partial charge is 0.493 e. The SMILES string of the molecule is O=C(c1ccccc1)N(c1ccccn1)C(F)(F)F. The molecule has 0 spiro atoms. The van der Waals surface area contributed by atoms with Crippen LogP contribution < -0.4 is 4.90 Å². The molecule has 1 amide bonds. The Morgan fingerprint density at radius 3 is 2.16 bits per heavy atom. The number of benzene rings is 1. The molecule has 98 valence electrons. The number of aromatic nitrogens is 1. The van der Waals surface area contributed by atoms with Crippen molar-refractivity contribution in [2.45, 2.75) is 6.30 Å². The van der Waals surface area contributed by atoms with E-state index >= 15 is 0 Å². The summed E-state index contributed by atoms with van der Waals surface area (Å²) in [6.07, 6.45) is -3.63. The quantitative estimate of drug-likeness (QED) is 0.782. The first-order valence-corrected chi connectivity index (χ1v) is 5.37. The summed E-state index contributed by atoms with van der Waals surface area (Å²) in [5, 5.41) is 0. The van der Waals surface area contributed by atoms with Gasteiger partial charge in [-0.3, -0.25) is 4.79 Å². The minimum Gasteiger partial charge on any atom is -0.268 e. The van der Waals surface area contributed by atoms with Crippen LogP contribution in [0.2, 0.25) is 0 Å². The zero-order valence-electron chi connectivity index (χ0n) is 9.63. The van der Waals surface area contributed by atoms with Gasteiger partial charge in [0, 0.05) is 11.8 Å². The number of carbonyl (C=O) groups is 1. The van der Waals surface area contributed by atoms with Gasteiger partial charge in [0.1, 0.15) is 5.82 Å². The van der Waals surface area contributed by atoms with Crippen LogP contribution in [0.15, 0.2) is 54.7 Å². The molecule has 1 aromatic heterocycles. The average Bonchev–Trinajstić information content (AvgIpc) is 2.39. The maximum atomic E-state index is 13.0. The molecule has 2 rings (SSSR count). The van der Waals surface area contributed by atoms with Crippen molar-refractivity contribution in [3.63, 3.8) is 0 Å². The van der Waals surface area contributed by atoms with Crippen molar-refractivity contribution >= 4 is 11.7 Å². The predicted molar refractivity (Wildman–Crippen MR) is 63.5 cm³/mol. The van der Waals surface area contributed by atoms with Crippen molar-refractivity contribution in [1.82, 2.24) is 4.98 Å². The highest BCUT2D eigenvalue weighted by atomic mass is 19.4. The number of carbonyl (C=O) groups excluding carboxylic acids is 1. The number of amides is 1. The van der Waals surface area contributed by atoms with Crippen molar-refractivity contribution in [2.75, 3.05) is 4.90 Å². The number of halogens is 3. The molecule has 2 aromatic rings. The van der Waals surface area contributed by atoms with Gasteiger partial charge in [-0.2, -0.15) is 0 Å². The number of rotatable bonds is 2. The standard InChI is InChI=1S/C13H9F3N2O/c14-13(15,16)18(11-8-4-5-9-17-11)12(19)10-6-2-1-3-7-10/h1-9H. The van der Waals surface area contributed by atoms with Gasteiger partial charge in [0.05, 0.1) is 0 Å². The molecule has 6 heteroatoms. The topological polar surface area (TPSA) is 33.2 Å². The molecule has 0 bridgehead atoms. The first kappa shape index (κ1) is 13.1. The molecule has 1 aromatic carbocycles. The third-order valence-electron chi connectivity index (χ3n) is 2.36. The van der Waals surface area contributed by atoms with Crippen LogP contribution in [0.4, 0.5) is 19.0 Å². The van der Waals surface area contributed by atoms with Crippen LogP contribution in [0.25, 0.3) is 0 Å². The van der Waals surface area contributed by atoms with Crippen LogP contribution in [0, 0.1) is 0 Å². The van der Waals surface area contributed by atoms with E-state index < -0.39 is 18.0 Å². The fraction of sp³-hybridized carbons (Fsp3) is 0.0769. The number of pyridine rings is 1. The summed E-state index contributed by atoms with van der Waals surface area (Å²) < 4.78 is 39.0. The lowest BCUT2D eigenvalue weighted by Crippen LogP contribution is -2.43. The zero-order valence-corrected chi connectivity index (χ0v) is 9.63. The molecule has 0 aliphatic rings. The number of hydrogen-bond acceptors (Lipinski definition) is 2. The Labute approximate surface area is 107 Å². The average molecular weight is 266 g/mol. The van der Waals surface area contributed by atoms with Gasteiger partial charge in [-0.05, 0) is 24.3 Å². The van der Waals surface area contributed by atoms with Gasteiger partial charge in [0.2, 0.25) is 0 Å². The van der Waals surface area contributed by atoms with Crippen molar-refractivity contribution in [3.05, 3.63) is 60.3 Å². The molecule has 1 heterocycles. The molecule has 0 atom stereocenters. The van der Waals surface area contributed by atoms with Crippen molar-refractivity contribution in [3.8, 4) is 0 Å². The van der Waals surface area contributed by atoms with E-state index in [0.29, 0.717) is 0 Å². The normalized spacial score (nSPS) is 11.1. The van der Waals surface area contributed by atoms with Crippen LogP contribution in [-0.4, -0.2) is 17.2 Å². The molecule has 0 saturated heterocycles. The van der Waals surface area contributed by atoms with Crippen molar-refractivity contribution < 1.29 is 18.0 Å². The molecular weight excluding hydrogens is 257 g/mol. The maximum absolute atomic E-state index is 13.0. The van der Waals surface area contributed by atoms with E-state index in [-0.39, 0.29) is 10.5 Å². The highest BCUT2D eigenvalue weighted by Gasteiger charge is 2.43.